The van der Waals surface area contributed by atoms with Gasteiger partial charge in [-0.05, 0) is 10.6 Å². The molecular weight excluding hydrogens is 276 g/mol. The molecular formula is C18H28O2Si. The topological polar surface area (TPSA) is 29.6 Å². The monoisotopic (exact) mass is 304 g/mol. The van der Waals surface area contributed by atoms with Crippen LogP contribution in [0.1, 0.15) is 33.3 Å². The van der Waals surface area contributed by atoms with Gasteiger partial charge in [0.25, 0.3) is 0 Å². The molecule has 3 atom stereocenters. The molecule has 1 fully saturated rings. The largest absolute Gasteiger partial charge is 0.361 e. The molecule has 1 aromatic carbocycles. The van der Waals surface area contributed by atoms with Crippen LogP contribution in [0.25, 0.3) is 0 Å². The molecule has 0 spiro atoms. The average Bonchev–Trinajstić information content (AvgIpc) is 3.16. The van der Waals surface area contributed by atoms with E-state index in [4.69, 9.17) is 4.74 Å². The molecule has 0 N–H and O–H groups in total. The van der Waals surface area contributed by atoms with Crippen molar-refractivity contribution in [3.05, 3.63) is 35.9 Å². The van der Waals surface area contributed by atoms with Gasteiger partial charge in [0, 0.05) is 12.0 Å². The van der Waals surface area contributed by atoms with Gasteiger partial charge in [0.05, 0.1) is 14.2 Å². The molecule has 116 valence electrons. The van der Waals surface area contributed by atoms with Crippen molar-refractivity contribution in [2.45, 2.75) is 70.0 Å². The summed E-state index contributed by atoms with van der Waals surface area (Å²) in [6.07, 6.45) is 0.767. The van der Waals surface area contributed by atoms with Crippen LogP contribution in [0.5, 0.6) is 0 Å². The lowest BCUT2D eigenvalue weighted by molar-refractivity contribution is -0.120. The highest BCUT2D eigenvalue weighted by Crippen LogP contribution is 2.45. The zero-order chi connectivity index (χ0) is 15.8. The zero-order valence-corrected chi connectivity index (χ0v) is 15.1. The number of hydrogen-bond acceptors (Lipinski definition) is 2. The van der Waals surface area contributed by atoms with Gasteiger partial charge in [-0.3, -0.25) is 4.79 Å². The Hall–Kier alpha value is -0.933. The Labute approximate surface area is 129 Å². The maximum Gasteiger partial charge on any atom is 0.164 e. The summed E-state index contributed by atoms with van der Waals surface area (Å²) in [6.45, 7) is 13.5. The SMILES string of the molecule is C[C@@H](C(=O)[C@H]1O[C@@H]1Cc1ccccc1)[Si](C)(C)C(C)(C)C. The smallest absolute Gasteiger partial charge is 0.164 e. The minimum Gasteiger partial charge on any atom is -0.361 e. The molecule has 0 radical (unpaired) electrons. The molecule has 0 aliphatic carbocycles. The number of Topliss-reactive ketones (excluding diaryl/α,β-unsaturated/α-hetero) is 1. The first kappa shape index (κ1) is 16.4. The van der Waals surface area contributed by atoms with Gasteiger partial charge in [-0.2, -0.15) is 0 Å². The molecule has 0 aromatic heterocycles. The van der Waals surface area contributed by atoms with Crippen LogP contribution in [0.3, 0.4) is 0 Å². The van der Waals surface area contributed by atoms with E-state index in [0.29, 0.717) is 5.78 Å². The first-order chi connectivity index (χ1) is 9.64. The summed E-state index contributed by atoms with van der Waals surface area (Å²) in [5.74, 6) is 0.322. The Bertz CT molecular complexity index is 502. The van der Waals surface area contributed by atoms with E-state index in [1.165, 1.54) is 5.56 Å². The molecule has 2 nitrogen and oxygen atoms in total. The third-order valence-electron chi connectivity index (χ3n) is 5.58. The lowest BCUT2D eigenvalue weighted by atomic mass is 10.1. The van der Waals surface area contributed by atoms with E-state index in [0.717, 1.165) is 6.42 Å². The van der Waals surface area contributed by atoms with Gasteiger partial charge >= 0.3 is 0 Å². The standard InChI is InChI=1S/C18H28O2Si/c1-13(21(5,6)18(2,3)4)16(19)17-15(20-17)12-14-10-8-7-9-11-14/h7-11,13,15,17H,12H2,1-6H3/t13-,15+,17-/m0/s1. The molecule has 1 aliphatic rings. The molecule has 0 saturated carbocycles. The van der Waals surface area contributed by atoms with Crippen molar-refractivity contribution in [2.24, 2.45) is 0 Å². The Morgan fingerprint density at radius 2 is 1.81 bits per heavy atom. The fraction of sp³-hybridized carbons (Fsp3) is 0.611. The van der Waals surface area contributed by atoms with Crippen molar-refractivity contribution in [1.29, 1.82) is 0 Å². The van der Waals surface area contributed by atoms with Gasteiger partial charge in [0.2, 0.25) is 0 Å². The van der Waals surface area contributed by atoms with Gasteiger partial charge in [-0.15, -0.1) is 0 Å². The lowest BCUT2D eigenvalue weighted by Gasteiger charge is -2.41. The zero-order valence-electron chi connectivity index (χ0n) is 14.1. The third kappa shape index (κ3) is 3.46. The van der Waals surface area contributed by atoms with Gasteiger partial charge in [-0.25, -0.2) is 0 Å². The second-order valence-electron chi connectivity index (χ2n) is 7.88. The summed E-state index contributed by atoms with van der Waals surface area (Å²) in [5.41, 5.74) is 1.39. The minimum atomic E-state index is -1.65. The predicted octanol–water partition coefficient (Wildman–Crippen LogP) is 4.46. The number of rotatable bonds is 5. The van der Waals surface area contributed by atoms with Gasteiger partial charge in [0.15, 0.2) is 5.78 Å². The fourth-order valence-electron chi connectivity index (χ4n) is 2.65. The maximum absolute atomic E-state index is 12.7. The van der Waals surface area contributed by atoms with Crippen LogP contribution < -0.4 is 0 Å². The van der Waals surface area contributed by atoms with E-state index in [9.17, 15) is 4.79 Å². The van der Waals surface area contributed by atoms with Crippen molar-refractivity contribution in [3.8, 4) is 0 Å². The van der Waals surface area contributed by atoms with Crippen molar-refractivity contribution in [3.63, 3.8) is 0 Å². The highest BCUT2D eigenvalue weighted by Gasteiger charge is 2.51. The molecule has 1 saturated heterocycles. The van der Waals surface area contributed by atoms with Crippen molar-refractivity contribution >= 4 is 13.9 Å². The van der Waals surface area contributed by atoms with Crippen molar-refractivity contribution < 1.29 is 9.53 Å². The van der Waals surface area contributed by atoms with E-state index < -0.39 is 8.07 Å². The van der Waals surface area contributed by atoms with Gasteiger partial charge in [-0.1, -0.05) is 71.1 Å². The number of carbonyl (C=O) groups is 1. The average molecular weight is 305 g/mol. The summed E-state index contributed by atoms with van der Waals surface area (Å²) >= 11 is 0. The molecule has 1 heterocycles. The van der Waals surface area contributed by atoms with Crippen molar-refractivity contribution in [1.82, 2.24) is 0 Å². The molecule has 3 heteroatoms. The summed E-state index contributed by atoms with van der Waals surface area (Å²) in [5, 5.41) is 0.228. The number of ether oxygens (including phenoxy) is 1. The van der Waals surface area contributed by atoms with Crippen LogP contribution in [0.15, 0.2) is 30.3 Å². The predicted molar refractivity (Wildman–Crippen MR) is 90.4 cm³/mol. The number of benzene rings is 1. The molecule has 1 aromatic rings. The van der Waals surface area contributed by atoms with Gasteiger partial charge < -0.3 is 4.74 Å². The van der Waals surface area contributed by atoms with Crippen LogP contribution in [-0.4, -0.2) is 26.1 Å². The van der Waals surface area contributed by atoms with E-state index in [1.54, 1.807) is 0 Å². The van der Waals surface area contributed by atoms with Crippen LogP contribution >= 0.6 is 0 Å². The Morgan fingerprint density at radius 1 is 1.24 bits per heavy atom. The normalized spacial score (nSPS) is 23.7. The summed E-state index contributed by atoms with van der Waals surface area (Å²) in [7, 11) is -1.65. The first-order valence-electron chi connectivity index (χ1n) is 7.87. The Morgan fingerprint density at radius 3 is 2.33 bits per heavy atom. The first-order valence-corrected chi connectivity index (χ1v) is 11.0. The molecule has 0 amide bonds. The second-order valence-corrected chi connectivity index (χ2v) is 13.7. The summed E-state index contributed by atoms with van der Waals surface area (Å²) in [4.78, 5) is 12.7. The van der Waals surface area contributed by atoms with E-state index in [-0.39, 0.29) is 22.8 Å². The van der Waals surface area contributed by atoms with Crippen LogP contribution in [0.4, 0.5) is 0 Å². The molecule has 0 unspecified atom stereocenters. The number of epoxide rings is 1. The summed E-state index contributed by atoms with van der Waals surface area (Å²) < 4.78 is 5.68. The number of ketones is 1. The van der Waals surface area contributed by atoms with Crippen LogP contribution in [0, 0.1) is 0 Å². The molecule has 0 bridgehead atoms. The van der Waals surface area contributed by atoms with Crippen LogP contribution in [-0.2, 0) is 16.0 Å². The molecule has 1 aliphatic heterocycles. The second kappa shape index (κ2) is 5.69. The number of hydrogen-bond donors (Lipinski definition) is 0. The lowest BCUT2D eigenvalue weighted by Crippen LogP contribution is -2.45. The number of carbonyl (C=O) groups excluding carboxylic acids is 1. The van der Waals surface area contributed by atoms with Crippen molar-refractivity contribution in [2.75, 3.05) is 0 Å². The summed E-state index contributed by atoms with van der Waals surface area (Å²) in [6, 6.07) is 10.3. The Kier molecular flexibility index (Phi) is 4.46. The minimum absolute atomic E-state index is 0.0899. The fourth-order valence-corrected chi connectivity index (χ4v) is 4.82. The van der Waals surface area contributed by atoms with Gasteiger partial charge in [0.1, 0.15) is 6.10 Å². The molecule has 2 rings (SSSR count). The highest BCUT2D eigenvalue weighted by atomic mass is 28.3. The third-order valence-corrected chi connectivity index (χ3v) is 11.9. The highest BCUT2D eigenvalue weighted by molar-refractivity contribution is 6.84. The van der Waals surface area contributed by atoms with E-state index >= 15 is 0 Å². The molecule has 21 heavy (non-hydrogen) atoms. The Balaban J connectivity index is 1.97. The van der Waals surface area contributed by atoms with Crippen LogP contribution in [0.2, 0.25) is 23.7 Å². The maximum atomic E-state index is 12.7. The van der Waals surface area contributed by atoms with E-state index in [1.807, 2.05) is 18.2 Å². The van der Waals surface area contributed by atoms with E-state index in [2.05, 4.69) is 52.9 Å². The quantitative estimate of drug-likeness (QED) is 0.593.